The van der Waals surface area contributed by atoms with Crippen LogP contribution < -0.4 is 5.73 Å². The molecule has 1 amide bonds. The first kappa shape index (κ1) is 15.6. The lowest BCUT2D eigenvalue weighted by Crippen LogP contribution is -2.37. The molecule has 0 radical (unpaired) electrons. The Balaban J connectivity index is 2.68. The molecule has 5 nitrogen and oxygen atoms in total. The molecule has 0 fully saturated rings. The van der Waals surface area contributed by atoms with Crippen LogP contribution in [-0.4, -0.2) is 35.0 Å². The maximum atomic E-state index is 13.5. The highest BCUT2D eigenvalue weighted by atomic mass is 79.9. The molecule has 1 rings (SSSR count). The smallest absolute Gasteiger partial charge is 0.321 e. The molecule has 0 spiro atoms. The molecule has 7 heteroatoms. The van der Waals surface area contributed by atoms with Gasteiger partial charge in [0.15, 0.2) is 0 Å². The molecule has 0 bridgehead atoms. The number of nitrogens with two attached hydrogens (primary N) is 1. The fourth-order valence-corrected chi connectivity index (χ4v) is 1.85. The average Bonchev–Trinajstić information content (AvgIpc) is 2.33. The van der Waals surface area contributed by atoms with Gasteiger partial charge >= 0.3 is 5.97 Å². The fraction of sp³-hybridized carbons (Fsp3) is 0.333. The molecule has 0 saturated carbocycles. The second kappa shape index (κ2) is 6.63. The maximum absolute atomic E-state index is 13.5. The van der Waals surface area contributed by atoms with Gasteiger partial charge in [-0.25, -0.2) is 4.39 Å². The van der Waals surface area contributed by atoms with Crippen LogP contribution in [0.5, 0.6) is 0 Å². The van der Waals surface area contributed by atoms with E-state index in [1.54, 1.807) is 12.1 Å². The fourth-order valence-electron chi connectivity index (χ4n) is 1.44. The first-order valence-electron chi connectivity index (χ1n) is 5.47. The number of benzene rings is 1. The summed E-state index contributed by atoms with van der Waals surface area (Å²) >= 11 is 3.21. The number of nitrogens with zero attached hydrogens (tertiary/aromatic N) is 1. The summed E-state index contributed by atoms with van der Waals surface area (Å²) in [6, 6.07) is 3.17. The van der Waals surface area contributed by atoms with Crippen molar-refractivity contribution in [2.75, 3.05) is 7.05 Å². The predicted molar refractivity (Wildman–Crippen MR) is 70.8 cm³/mol. The van der Waals surface area contributed by atoms with Crippen molar-refractivity contribution in [1.29, 1.82) is 0 Å². The summed E-state index contributed by atoms with van der Waals surface area (Å²) in [6.07, 6.45) is -0.318. The number of hydrogen-bond acceptors (Lipinski definition) is 3. The first-order valence-corrected chi connectivity index (χ1v) is 6.27. The average molecular weight is 333 g/mol. The Kier molecular flexibility index (Phi) is 5.44. The second-order valence-corrected chi connectivity index (χ2v) is 5.05. The number of amides is 1. The minimum atomic E-state index is -1.25. The first-order chi connectivity index (χ1) is 8.81. The van der Waals surface area contributed by atoms with Crippen LogP contribution in [0.25, 0.3) is 0 Å². The van der Waals surface area contributed by atoms with Gasteiger partial charge in [-0.2, -0.15) is 0 Å². The van der Waals surface area contributed by atoms with Gasteiger partial charge in [-0.1, -0.05) is 15.9 Å². The summed E-state index contributed by atoms with van der Waals surface area (Å²) < 4.78 is 14.2. The number of carbonyl (C=O) groups is 2. The zero-order chi connectivity index (χ0) is 14.6. The molecule has 104 valence electrons. The summed E-state index contributed by atoms with van der Waals surface area (Å²) in [5.74, 6) is -2.12. The molecule has 0 saturated heterocycles. The maximum Gasteiger partial charge on any atom is 0.321 e. The molecule has 0 aliphatic heterocycles. The molecular formula is C12H14BrFN2O3. The lowest BCUT2D eigenvalue weighted by Gasteiger charge is -2.19. The van der Waals surface area contributed by atoms with Gasteiger partial charge in [-0.05, 0) is 18.2 Å². The van der Waals surface area contributed by atoms with E-state index in [1.807, 2.05) is 0 Å². The lowest BCUT2D eigenvalue weighted by molar-refractivity contribution is -0.142. The highest BCUT2D eigenvalue weighted by molar-refractivity contribution is 9.10. The van der Waals surface area contributed by atoms with Crippen LogP contribution in [0.4, 0.5) is 4.39 Å². The summed E-state index contributed by atoms with van der Waals surface area (Å²) in [4.78, 5) is 23.5. The van der Waals surface area contributed by atoms with Crippen molar-refractivity contribution in [3.8, 4) is 0 Å². The zero-order valence-electron chi connectivity index (χ0n) is 10.3. The number of rotatable bonds is 5. The Morgan fingerprint density at radius 3 is 2.74 bits per heavy atom. The minimum Gasteiger partial charge on any atom is -0.480 e. The van der Waals surface area contributed by atoms with Crippen LogP contribution in [0.1, 0.15) is 12.0 Å². The van der Waals surface area contributed by atoms with Gasteiger partial charge in [0, 0.05) is 23.6 Å². The molecule has 1 aromatic rings. The van der Waals surface area contributed by atoms with E-state index in [4.69, 9.17) is 10.8 Å². The van der Waals surface area contributed by atoms with Gasteiger partial charge in [-0.15, -0.1) is 0 Å². The van der Waals surface area contributed by atoms with E-state index in [1.165, 1.54) is 18.0 Å². The highest BCUT2D eigenvalue weighted by Gasteiger charge is 2.19. The van der Waals surface area contributed by atoms with Gasteiger partial charge in [0.05, 0.1) is 6.42 Å². The monoisotopic (exact) mass is 332 g/mol. The number of carbonyl (C=O) groups excluding carboxylic acids is 1. The van der Waals surface area contributed by atoms with Gasteiger partial charge in [0.25, 0.3) is 0 Å². The van der Waals surface area contributed by atoms with E-state index >= 15 is 0 Å². The van der Waals surface area contributed by atoms with Crippen molar-refractivity contribution in [3.63, 3.8) is 0 Å². The predicted octanol–water partition coefficient (Wildman–Crippen LogP) is 1.35. The number of halogens is 2. The third-order valence-corrected chi connectivity index (χ3v) is 3.05. The van der Waals surface area contributed by atoms with Gasteiger partial charge in [-0.3, -0.25) is 9.59 Å². The van der Waals surface area contributed by atoms with Crippen LogP contribution in [0, 0.1) is 5.82 Å². The molecule has 1 unspecified atom stereocenters. The number of carboxylic acid groups (broad SMARTS) is 1. The molecule has 0 aliphatic rings. The van der Waals surface area contributed by atoms with Crippen LogP contribution in [0.2, 0.25) is 0 Å². The van der Waals surface area contributed by atoms with E-state index in [0.717, 1.165) is 0 Å². The number of hydrogen-bond donors (Lipinski definition) is 2. The van der Waals surface area contributed by atoms with E-state index in [9.17, 15) is 14.0 Å². The largest absolute Gasteiger partial charge is 0.480 e. The van der Waals surface area contributed by atoms with Crippen molar-refractivity contribution in [3.05, 3.63) is 34.1 Å². The van der Waals surface area contributed by atoms with E-state index in [0.29, 0.717) is 10.0 Å². The van der Waals surface area contributed by atoms with E-state index < -0.39 is 23.7 Å². The summed E-state index contributed by atoms with van der Waals surface area (Å²) in [5.41, 5.74) is 5.62. The van der Waals surface area contributed by atoms with Crippen molar-refractivity contribution in [2.45, 2.75) is 19.0 Å². The van der Waals surface area contributed by atoms with E-state index in [2.05, 4.69) is 15.9 Å². The molecule has 19 heavy (non-hydrogen) atoms. The summed E-state index contributed by atoms with van der Waals surface area (Å²) in [6.45, 7) is 0.0520. The molecule has 0 aromatic heterocycles. The number of aliphatic carboxylic acids is 1. The van der Waals surface area contributed by atoms with Crippen LogP contribution >= 0.6 is 15.9 Å². The van der Waals surface area contributed by atoms with Gasteiger partial charge in [0.2, 0.25) is 5.91 Å². The van der Waals surface area contributed by atoms with Crippen LogP contribution in [0.3, 0.4) is 0 Å². The summed E-state index contributed by atoms with van der Waals surface area (Å²) in [7, 11) is 1.47. The second-order valence-electron chi connectivity index (χ2n) is 4.13. The lowest BCUT2D eigenvalue weighted by atomic mass is 10.1. The van der Waals surface area contributed by atoms with Crippen LogP contribution in [-0.2, 0) is 16.1 Å². The minimum absolute atomic E-state index is 0.0520. The standard InChI is InChI=1S/C12H14BrFN2O3/c1-16(11(17)5-10(15)12(18)19)6-7-4-8(13)2-3-9(7)14/h2-4,10H,5-6,15H2,1H3,(H,18,19). The third kappa shape index (κ3) is 4.60. The zero-order valence-corrected chi connectivity index (χ0v) is 11.9. The molecule has 1 atom stereocenters. The number of carboxylic acids is 1. The highest BCUT2D eigenvalue weighted by Crippen LogP contribution is 2.17. The van der Waals surface area contributed by atoms with Gasteiger partial charge < -0.3 is 15.7 Å². The Bertz CT molecular complexity index is 496. The van der Waals surface area contributed by atoms with Crippen molar-refractivity contribution >= 4 is 27.8 Å². The Morgan fingerprint density at radius 1 is 1.53 bits per heavy atom. The van der Waals surface area contributed by atoms with Crippen molar-refractivity contribution in [1.82, 2.24) is 4.90 Å². The Hall–Kier alpha value is -1.47. The van der Waals surface area contributed by atoms with Gasteiger partial charge in [0.1, 0.15) is 11.9 Å². The summed E-state index contributed by atoms with van der Waals surface area (Å²) in [5, 5.41) is 8.62. The third-order valence-electron chi connectivity index (χ3n) is 2.55. The van der Waals surface area contributed by atoms with Crippen molar-refractivity contribution < 1.29 is 19.1 Å². The van der Waals surface area contributed by atoms with Crippen molar-refractivity contribution in [2.24, 2.45) is 5.73 Å². The van der Waals surface area contributed by atoms with Crippen LogP contribution in [0.15, 0.2) is 22.7 Å². The topological polar surface area (TPSA) is 83.6 Å². The Labute approximate surface area is 118 Å². The SMILES string of the molecule is CN(Cc1cc(Br)ccc1F)C(=O)CC(N)C(=O)O. The Morgan fingerprint density at radius 2 is 2.16 bits per heavy atom. The quantitative estimate of drug-likeness (QED) is 0.852. The molecule has 0 heterocycles. The molecule has 0 aliphatic carbocycles. The molecular weight excluding hydrogens is 319 g/mol. The molecule has 3 N–H and O–H groups in total. The van der Waals surface area contributed by atoms with E-state index in [-0.39, 0.29) is 13.0 Å². The molecule has 1 aromatic carbocycles. The normalized spacial score (nSPS) is 12.0.